The van der Waals surface area contributed by atoms with Crippen LogP contribution in [0, 0.1) is 0 Å². The molecule has 106 valence electrons. The number of carboxylic acids is 1. The van der Waals surface area contributed by atoms with E-state index in [4.69, 9.17) is 10.8 Å². The fourth-order valence-corrected chi connectivity index (χ4v) is 1.79. The van der Waals surface area contributed by atoms with Crippen molar-refractivity contribution >= 4 is 22.9 Å². The quantitative estimate of drug-likeness (QED) is 0.887. The summed E-state index contributed by atoms with van der Waals surface area (Å²) >= 11 is 0. The maximum Gasteiger partial charge on any atom is 0.449 e. The molecule has 0 radical (unpaired) electrons. The van der Waals surface area contributed by atoms with E-state index < -0.39 is 30.4 Å². The zero-order chi connectivity index (χ0) is 15.1. The van der Waals surface area contributed by atoms with Crippen LogP contribution in [0.4, 0.5) is 13.2 Å². The number of halogens is 3. The fraction of sp³-hybridized carbons (Fsp3) is 0.182. The second-order valence-electron chi connectivity index (χ2n) is 3.99. The van der Waals surface area contributed by atoms with E-state index in [-0.39, 0.29) is 16.6 Å². The number of primary amides is 1. The largest absolute Gasteiger partial charge is 0.478 e. The molecule has 1 aromatic carbocycles. The van der Waals surface area contributed by atoms with E-state index in [1.54, 1.807) is 0 Å². The molecule has 2 aromatic rings. The van der Waals surface area contributed by atoms with Gasteiger partial charge in [0.1, 0.15) is 6.54 Å². The minimum absolute atomic E-state index is 0.0661. The van der Waals surface area contributed by atoms with Crippen LogP contribution in [0.1, 0.15) is 16.2 Å². The fourth-order valence-electron chi connectivity index (χ4n) is 1.79. The lowest BCUT2D eigenvalue weighted by atomic mass is 10.2. The van der Waals surface area contributed by atoms with Crippen LogP contribution in [0.5, 0.6) is 0 Å². The smallest absolute Gasteiger partial charge is 0.449 e. The van der Waals surface area contributed by atoms with Gasteiger partial charge in [-0.2, -0.15) is 13.2 Å². The third kappa shape index (κ3) is 2.42. The molecule has 1 amide bonds. The summed E-state index contributed by atoms with van der Waals surface area (Å²) in [6.07, 6.45) is -4.78. The molecular weight excluding hydrogens is 279 g/mol. The number of fused-ring (bicyclic) bond motifs is 1. The SMILES string of the molecule is NC(=O)Cn1c(C(F)(F)F)nc2ccc(C(=O)O)cc21. The van der Waals surface area contributed by atoms with Gasteiger partial charge < -0.3 is 15.4 Å². The number of nitrogens with two attached hydrogens (primary N) is 1. The number of aromatic nitrogens is 2. The van der Waals surface area contributed by atoms with E-state index in [9.17, 15) is 22.8 Å². The van der Waals surface area contributed by atoms with Gasteiger partial charge >= 0.3 is 12.1 Å². The highest BCUT2D eigenvalue weighted by atomic mass is 19.4. The van der Waals surface area contributed by atoms with Crippen LogP contribution in [0.15, 0.2) is 18.2 Å². The van der Waals surface area contributed by atoms with E-state index in [1.807, 2.05) is 0 Å². The lowest BCUT2D eigenvalue weighted by Gasteiger charge is -2.09. The highest BCUT2D eigenvalue weighted by Crippen LogP contribution is 2.31. The number of carbonyl (C=O) groups is 2. The third-order valence-electron chi connectivity index (χ3n) is 2.56. The highest BCUT2D eigenvalue weighted by molar-refractivity contribution is 5.93. The zero-order valence-electron chi connectivity index (χ0n) is 9.81. The van der Waals surface area contributed by atoms with E-state index >= 15 is 0 Å². The Morgan fingerprint density at radius 3 is 2.50 bits per heavy atom. The van der Waals surface area contributed by atoms with Crippen molar-refractivity contribution in [3.63, 3.8) is 0 Å². The molecule has 1 aromatic heterocycles. The van der Waals surface area contributed by atoms with Gasteiger partial charge in [-0.25, -0.2) is 9.78 Å². The number of benzene rings is 1. The van der Waals surface area contributed by atoms with Crippen molar-refractivity contribution in [1.82, 2.24) is 9.55 Å². The average molecular weight is 287 g/mol. The Labute approximate surface area is 109 Å². The van der Waals surface area contributed by atoms with Crippen molar-refractivity contribution in [2.24, 2.45) is 5.73 Å². The molecular formula is C11H8F3N3O3. The molecule has 0 saturated carbocycles. The predicted molar refractivity (Wildman–Crippen MR) is 60.9 cm³/mol. The number of carboxylic acid groups (broad SMARTS) is 1. The van der Waals surface area contributed by atoms with Gasteiger partial charge in [-0.3, -0.25) is 4.79 Å². The minimum atomic E-state index is -4.78. The van der Waals surface area contributed by atoms with E-state index in [0.717, 1.165) is 18.2 Å². The van der Waals surface area contributed by atoms with Crippen LogP contribution in [-0.2, 0) is 17.5 Å². The molecule has 2 rings (SSSR count). The maximum absolute atomic E-state index is 12.8. The van der Waals surface area contributed by atoms with Crippen LogP contribution >= 0.6 is 0 Å². The topological polar surface area (TPSA) is 98.2 Å². The molecule has 0 fully saturated rings. The number of alkyl halides is 3. The first-order valence-electron chi connectivity index (χ1n) is 5.29. The van der Waals surface area contributed by atoms with Gasteiger partial charge in [0.05, 0.1) is 16.6 Å². The summed E-state index contributed by atoms with van der Waals surface area (Å²) < 4.78 is 39.1. The second-order valence-corrected chi connectivity index (χ2v) is 3.99. The van der Waals surface area contributed by atoms with Crippen molar-refractivity contribution in [1.29, 1.82) is 0 Å². The number of imidazole rings is 1. The second kappa shape index (κ2) is 4.51. The molecule has 0 aliphatic rings. The summed E-state index contributed by atoms with van der Waals surface area (Å²) in [6.45, 7) is -0.742. The molecule has 3 N–H and O–H groups in total. The first-order valence-corrected chi connectivity index (χ1v) is 5.29. The highest BCUT2D eigenvalue weighted by Gasteiger charge is 2.38. The van der Waals surface area contributed by atoms with E-state index in [0.29, 0.717) is 4.57 Å². The number of amides is 1. The van der Waals surface area contributed by atoms with Gasteiger partial charge in [0.25, 0.3) is 0 Å². The first-order chi connectivity index (χ1) is 9.20. The van der Waals surface area contributed by atoms with Gasteiger partial charge in [-0.1, -0.05) is 0 Å². The lowest BCUT2D eigenvalue weighted by Crippen LogP contribution is -2.23. The van der Waals surface area contributed by atoms with Crippen LogP contribution < -0.4 is 5.73 Å². The Balaban J connectivity index is 2.74. The Kier molecular flexibility index (Phi) is 3.12. The monoisotopic (exact) mass is 287 g/mol. The molecule has 0 bridgehead atoms. The molecule has 6 nitrogen and oxygen atoms in total. The van der Waals surface area contributed by atoms with Gasteiger partial charge in [0.2, 0.25) is 11.7 Å². The molecule has 0 unspecified atom stereocenters. The summed E-state index contributed by atoms with van der Waals surface area (Å²) in [5, 5.41) is 8.84. The van der Waals surface area contributed by atoms with Crippen LogP contribution in [0.25, 0.3) is 11.0 Å². The molecule has 1 heterocycles. The number of carbonyl (C=O) groups excluding carboxylic acids is 1. The summed E-state index contributed by atoms with van der Waals surface area (Å²) in [6, 6.07) is 3.29. The number of nitrogens with zero attached hydrogens (tertiary/aromatic N) is 2. The van der Waals surface area contributed by atoms with E-state index in [1.165, 1.54) is 0 Å². The van der Waals surface area contributed by atoms with Crippen molar-refractivity contribution in [3.8, 4) is 0 Å². The summed E-state index contributed by atoms with van der Waals surface area (Å²) in [7, 11) is 0. The van der Waals surface area contributed by atoms with Crippen molar-refractivity contribution < 1.29 is 27.9 Å². The first kappa shape index (κ1) is 13.8. The van der Waals surface area contributed by atoms with Crippen LogP contribution in [0.2, 0.25) is 0 Å². The molecule has 0 atom stereocenters. The average Bonchev–Trinajstić information content (AvgIpc) is 2.66. The predicted octanol–water partition coefficient (Wildman–Crippen LogP) is 1.24. The van der Waals surface area contributed by atoms with Gasteiger partial charge in [-0.05, 0) is 18.2 Å². The van der Waals surface area contributed by atoms with Gasteiger partial charge in [-0.15, -0.1) is 0 Å². The van der Waals surface area contributed by atoms with Crippen molar-refractivity contribution in [3.05, 3.63) is 29.6 Å². The molecule has 0 saturated heterocycles. The van der Waals surface area contributed by atoms with Gasteiger partial charge in [0, 0.05) is 0 Å². The number of hydrogen-bond acceptors (Lipinski definition) is 3. The Morgan fingerprint density at radius 2 is 2.00 bits per heavy atom. The van der Waals surface area contributed by atoms with Crippen LogP contribution in [0.3, 0.4) is 0 Å². The Morgan fingerprint density at radius 1 is 1.35 bits per heavy atom. The lowest BCUT2D eigenvalue weighted by molar-refractivity contribution is -0.147. The Bertz CT molecular complexity index is 706. The number of hydrogen-bond donors (Lipinski definition) is 2. The van der Waals surface area contributed by atoms with Crippen LogP contribution in [-0.4, -0.2) is 26.5 Å². The normalized spacial score (nSPS) is 11.8. The van der Waals surface area contributed by atoms with Crippen molar-refractivity contribution in [2.45, 2.75) is 12.7 Å². The summed E-state index contributed by atoms with van der Waals surface area (Å²) in [4.78, 5) is 25.1. The van der Waals surface area contributed by atoms with Gasteiger partial charge in [0.15, 0.2) is 0 Å². The number of rotatable bonds is 3. The van der Waals surface area contributed by atoms with E-state index in [2.05, 4.69) is 4.98 Å². The molecule has 20 heavy (non-hydrogen) atoms. The summed E-state index contributed by atoms with van der Waals surface area (Å²) in [5.41, 5.74) is 4.52. The minimum Gasteiger partial charge on any atom is -0.478 e. The maximum atomic E-state index is 12.8. The Hall–Kier alpha value is -2.58. The third-order valence-corrected chi connectivity index (χ3v) is 2.56. The van der Waals surface area contributed by atoms with Crippen molar-refractivity contribution in [2.75, 3.05) is 0 Å². The molecule has 9 heteroatoms. The summed E-state index contributed by atoms with van der Waals surface area (Å²) in [5.74, 6) is -3.59. The molecule has 0 aliphatic carbocycles. The zero-order valence-corrected chi connectivity index (χ0v) is 9.81. The molecule has 0 spiro atoms. The standard InChI is InChI=1S/C11H8F3N3O3/c12-11(13,14)10-16-6-2-1-5(9(19)20)3-7(6)17(10)4-8(15)18/h1-3H,4H2,(H2,15,18)(H,19,20). The number of aromatic carboxylic acids is 1. The molecule has 0 aliphatic heterocycles.